The summed E-state index contributed by atoms with van der Waals surface area (Å²) in [6.45, 7) is 1.83. The lowest BCUT2D eigenvalue weighted by Crippen LogP contribution is -2.19. The third-order valence-electron chi connectivity index (χ3n) is 2.18. The molecular weight excluding hydrogens is 160 g/mol. The van der Waals surface area contributed by atoms with Crippen LogP contribution in [-0.4, -0.2) is 13.1 Å². The van der Waals surface area contributed by atoms with Gasteiger partial charge in [0.1, 0.15) is 6.07 Å². The van der Waals surface area contributed by atoms with Crippen molar-refractivity contribution in [3.8, 4) is 6.07 Å². The molecule has 1 aromatic carbocycles. The van der Waals surface area contributed by atoms with Gasteiger partial charge in [0.2, 0.25) is 0 Å². The Hall–Kier alpha value is -1.75. The van der Waals surface area contributed by atoms with Crippen LogP contribution in [-0.2, 0) is 0 Å². The molecule has 1 aliphatic heterocycles. The molecule has 1 heterocycles. The number of nitriles is 1. The zero-order chi connectivity index (χ0) is 9.10. The lowest BCUT2D eigenvalue weighted by molar-refractivity contribution is 1.00. The van der Waals surface area contributed by atoms with Crippen molar-refractivity contribution in [1.82, 2.24) is 0 Å². The van der Waals surface area contributed by atoms with Crippen molar-refractivity contribution in [2.45, 2.75) is 0 Å². The minimum absolute atomic E-state index is 0.756. The molecule has 0 fully saturated rings. The maximum absolute atomic E-state index is 8.88. The van der Waals surface area contributed by atoms with Crippen molar-refractivity contribution < 1.29 is 0 Å². The van der Waals surface area contributed by atoms with Gasteiger partial charge in [-0.3, -0.25) is 0 Å². The summed E-state index contributed by atoms with van der Waals surface area (Å²) in [5, 5.41) is 8.88. The first-order valence-electron chi connectivity index (χ1n) is 4.31. The Morgan fingerprint density at radius 3 is 2.54 bits per heavy atom. The van der Waals surface area contributed by atoms with Crippen molar-refractivity contribution in [1.29, 1.82) is 5.26 Å². The summed E-state index contributed by atoms with van der Waals surface area (Å²) < 4.78 is 0. The molecule has 0 unspecified atom stereocenters. The highest BCUT2D eigenvalue weighted by Crippen LogP contribution is 2.20. The molecule has 0 saturated carbocycles. The van der Waals surface area contributed by atoms with Gasteiger partial charge in [0, 0.05) is 13.1 Å². The lowest BCUT2D eigenvalue weighted by Gasteiger charge is -2.18. The molecule has 0 N–H and O–H groups in total. The van der Waals surface area contributed by atoms with Gasteiger partial charge in [-0.25, -0.2) is 0 Å². The van der Waals surface area contributed by atoms with E-state index in [9.17, 15) is 0 Å². The first-order valence-corrected chi connectivity index (χ1v) is 4.31. The van der Waals surface area contributed by atoms with Crippen LogP contribution in [0, 0.1) is 11.3 Å². The van der Waals surface area contributed by atoms with Crippen LogP contribution in [0.2, 0.25) is 0 Å². The zero-order valence-electron chi connectivity index (χ0n) is 7.27. The highest BCUT2D eigenvalue weighted by atomic mass is 15.1. The van der Waals surface area contributed by atoms with Crippen LogP contribution in [0.4, 0.5) is 5.69 Å². The summed E-state index contributed by atoms with van der Waals surface area (Å²) in [7, 11) is 0. The van der Waals surface area contributed by atoms with Crippen LogP contribution in [0.15, 0.2) is 36.4 Å². The van der Waals surface area contributed by atoms with E-state index in [4.69, 9.17) is 5.26 Å². The standard InChI is InChI=1S/C11H10N2/c12-9-10-5-1-2-6-11(10)13-7-3-4-8-13/h1-6H,7-8H2. The lowest BCUT2D eigenvalue weighted by atomic mass is 10.2. The third kappa shape index (κ3) is 1.41. The molecule has 0 bridgehead atoms. The average molecular weight is 170 g/mol. The number of para-hydroxylation sites is 1. The molecule has 0 spiro atoms. The van der Waals surface area contributed by atoms with E-state index in [0.717, 1.165) is 24.3 Å². The van der Waals surface area contributed by atoms with Crippen LogP contribution in [0.25, 0.3) is 0 Å². The molecule has 1 aliphatic rings. The van der Waals surface area contributed by atoms with Crippen LogP contribution < -0.4 is 4.90 Å². The number of anilines is 1. The summed E-state index contributed by atoms with van der Waals surface area (Å²) in [5.74, 6) is 0. The highest BCUT2D eigenvalue weighted by molar-refractivity contribution is 5.60. The van der Waals surface area contributed by atoms with Gasteiger partial charge in [-0.15, -0.1) is 0 Å². The molecule has 0 saturated heterocycles. The van der Waals surface area contributed by atoms with Gasteiger partial charge >= 0.3 is 0 Å². The largest absolute Gasteiger partial charge is 0.363 e. The molecule has 1 aromatic rings. The van der Waals surface area contributed by atoms with Gasteiger partial charge < -0.3 is 4.90 Å². The van der Waals surface area contributed by atoms with E-state index in [0.29, 0.717) is 0 Å². The molecule has 0 amide bonds. The van der Waals surface area contributed by atoms with Crippen molar-refractivity contribution in [3.63, 3.8) is 0 Å². The minimum atomic E-state index is 0.756. The van der Waals surface area contributed by atoms with Gasteiger partial charge in [-0.2, -0.15) is 5.26 Å². The van der Waals surface area contributed by atoms with Crippen LogP contribution >= 0.6 is 0 Å². The molecule has 2 rings (SSSR count). The van der Waals surface area contributed by atoms with Crippen molar-refractivity contribution >= 4 is 5.69 Å². The van der Waals surface area contributed by atoms with Crippen LogP contribution in [0.3, 0.4) is 0 Å². The van der Waals surface area contributed by atoms with Gasteiger partial charge in [0.15, 0.2) is 0 Å². The van der Waals surface area contributed by atoms with Gasteiger partial charge in [0.25, 0.3) is 0 Å². The molecule has 64 valence electrons. The Kier molecular flexibility index (Phi) is 2.01. The molecular formula is C11H10N2. The van der Waals surface area contributed by atoms with Crippen molar-refractivity contribution in [2.24, 2.45) is 0 Å². The summed E-state index contributed by atoms with van der Waals surface area (Å²) >= 11 is 0. The monoisotopic (exact) mass is 170 g/mol. The second kappa shape index (κ2) is 3.32. The number of rotatable bonds is 1. The molecule has 0 aliphatic carbocycles. The van der Waals surface area contributed by atoms with E-state index in [1.807, 2.05) is 24.3 Å². The van der Waals surface area contributed by atoms with Crippen molar-refractivity contribution in [3.05, 3.63) is 42.0 Å². The summed E-state index contributed by atoms with van der Waals surface area (Å²) in [5.41, 5.74) is 1.79. The number of nitrogens with zero attached hydrogens (tertiary/aromatic N) is 2. The first-order chi connectivity index (χ1) is 6.42. The van der Waals surface area contributed by atoms with E-state index in [-0.39, 0.29) is 0 Å². The molecule has 2 nitrogen and oxygen atoms in total. The maximum atomic E-state index is 8.88. The Labute approximate surface area is 77.7 Å². The Morgan fingerprint density at radius 1 is 1.15 bits per heavy atom. The zero-order valence-corrected chi connectivity index (χ0v) is 7.27. The van der Waals surface area contributed by atoms with E-state index in [1.54, 1.807) is 0 Å². The molecule has 13 heavy (non-hydrogen) atoms. The normalized spacial score (nSPS) is 14.5. The van der Waals surface area contributed by atoms with E-state index < -0.39 is 0 Å². The summed E-state index contributed by atoms with van der Waals surface area (Å²) in [6.07, 6.45) is 4.24. The fraction of sp³-hybridized carbons (Fsp3) is 0.182. The SMILES string of the molecule is N#Cc1ccccc1N1CC=CC1. The first kappa shape index (κ1) is 7.88. The summed E-state index contributed by atoms with van der Waals surface area (Å²) in [6, 6.07) is 9.91. The Balaban J connectivity index is 2.34. The average Bonchev–Trinajstić information content (AvgIpc) is 2.70. The number of hydrogen-bond acceptors (Lipinski definition) is 2. The molecule has 0 atom stereocenters. The second-order valence-corrected chi connectivity index (χ2v) is 3.01. The molecule has 0 radical (unpaired) electrons. The Bertz CT molecular complexity index is 366. The predicted octanol–water partition coefficient (Wildman–Crippen LogP) is 1.93. The fourth-order valence-corrected chi connectivity index (χ4v) is 1.52. The topological polar surface area (TPSA) is 27.0 Å². The maximum Gasteiger partial charge on any atom is 0.101 e. The fourth-order valence-electron chi connectivity index (χ4n) is 1.52. The number of benzene rings is 1. The van der Waals surface area contributed by atoms with E-state index >= 15 is 0 Å². The third-order valence-corrected chi connectivity index (χ3v) is 2.18. The number of hydrogen-bond donors (Lipinski definition) is 0. The van der Waals surface area contributed by atoms with Gasteiger partial charge in [-0.1, -0.05) is 24.3 Å². The van der Waals surface area contributed by atoms with E-state index in [2.05, 4.69) is 23.1 Å². The highest BCUT2D eigenvalue weighted by Gasteiger charge is 2.10. The quantitative estimate of drug-likeness (QED) is 0.602. The predicted molar refractivity (Wildman–Crippen MR) is 52.5 cm³/mol. The molecule has 0 aromatic heterocycles. The van der Waals surface area contributed by atoms with Crippen LogP contribution in [0.1, 0.15) is 5.56 Å². The van der Waals surface area contributed by atoms with Gasteiger partial charge in [0.05, 0.1) is 11.3 Å². The Morgan fingerprint density at radius 2 is 1.85 bits per heavy atom. The summed E-state index contributed by atoms with van der Waals surface area (Å²) in [4.78, 5) is 2.18. The van der Waals surface area contributed by atoms with E-state index in [1.165, 1.54) is 0 Å². The molecule has 2 heteroatoms. The van der Waals surface area contributed by atoms with Gasteiger partial charge in [-0.05, 0) is 12.1 Å². The van der Waals surface area contributed by atoms with Crippen LogP contribution in [0.5, 0.6) is 0 Å². The second-order valence-electron chi connectivity index (χ2n) is 3.01. The smallest absolute Gasteiger partial charge is 0.101 e. The minimum Gasteiger partial charge on any atom is -0.363 e. The van der Waals surface area contributed by atoms with Crippen molar-refractivity contribution in [2.75, 3.05) is 18.0 Å².